The lowest BCUT2D eigenvalue weighted by molar-refractivity contribution is -0.152. The Balaban J connectivity index is 4.01. The van der Waals surface area contributed by atoms with Gasteiger partial charge in [0.05, 0.1) is 25.0 Å². The van der Waals surface area contributed by atoms with Gasteiger partial charge in [-0.25, -0.2) is 0 Å². The Labute approximate surface area is 101 Å². The van der Waals surface area contributed by atoms with Crippen molar-refractivity contribution in [1.82, 2.24) is 0 Å². The van der Waals surface area contributed by atoms with E-state index in [4.69, 9.17) is 15.1 Å². The minimum Gasteiger partial charge on any atom is -0.481 e. The minimum absolute atomic E-state index is 0.113. The zero-order chi connectivity index (χ0) is 13.5. The van der Waals surface area contributed by atoms with Crippen LogP contribution in [0.5, 0.6) is 0 Å². The van der Waals surface area contributed by atoms with E-state index in [1.165, 1.54) is 0 Å². The molecule has 1 N–H and O–H groups in total. The minimum atomic E-state index is -1.01. The number of hydrogen-bond donors (Lipinski definition) is 1. The number of esters is 1. The van der Waals surface area contributed by atoms with Crippen LogP contribution in [0.15, 0.2) is 0 Å². The van der Waals surface area contributed by atoms with Gasteiger partial charge in [0.1, 0.15) is 0 Å². The van der Waals surface area contributed by atoms with Crippen molar-refractivity contribution in [3.05, 3.63) is 0 Å². The first-order valence-corrected chi connectivity index (χ1v) is 5.55. The summed E-state index contributed by atoms with van der Waals surface area (Å²) < 4.78 is 5.07. The fraction of sp³-hybridized carbons (Fsp3) is 0.750. The number of carboxylic acids is 1. The van der Waals surface area contributed by atoms with Crippen LogP contribution in [-0.4, -0.2) is 23.1 Å². The molecule has 0 fully saturated rings. The van der Waals surface area contributed by atoms with E-state index in [2.05, 4.69) is 6.07 Å². The number of nitriles is 1. The van der Waals surface area contributed by atoms with Crippen LogP contribution in [0.1, 0.15) is 46.5 Å². The van der Waals surface area contributed by atoms with Crippen LogP contribution in [0.3, 0.4) is 0 Å². The molecule has 1 atom stereocenters. The second kappa shape index (κ2) is 6.89. The summed E-state index contributed by atoms with van der Waals surface area (Å²) in [6.45, 7) is 5.60. The first kappa shape index (κ1) is 15.4. The zero-order valence-corrected chi connectivity index (χ0v) is 10.5. The van der Waals surface area contributed by atoms with Gasteiger partial charge < -0.3 is 9.84 Å². The van der Waals surface area contributed by atoms with Crippen LogP contribution in [0.25, 0.3) is 0 Å². The van der Waals surface area contributed by atoms with E-state index in [-0.39, 0.29) is 24.4 Å². The van der Waals surface area contributed by atoms with Crippen molar-refractivity contribution in [3.63, 3.8) is 0 Å². The SMILES string of the molecule is CC(CC(C)(C)CC#N)OC(=O)CCC(=O)O. The van der Waals surface area contributed by atoms with Crippen molar-refractivity contribution in [2.45, 2.75) is 52.6 Å². The number of nitrogens with zero attached hydrogens (tertiary/aromatic N) is 1. The molecule has 0 saturated carbocycles. The Kier molecular flexibility index (Phi) is 6.26. The van der Waals surface area contributed by atoms with Crippen molar-refractivity contribution in [3.8, 4) is 6.07 Å². The van der Waals surface area contributed by atoms with E-state index >= 15 is 0 Å². The molecule has 0 spiro atoms. The standard InChI is InChI=1S/C12H19NO4/c1-9(8-12(2,3)6-7-13)17-11(16)5-4-10(14)15/h9H,4-6,8H2,1-3H3,(H,14,15). The maximum Gasteiger partial charge on any atom is 0.306 e. The fourth-order valence-corrected chi connectivity index (χ4v) is 1.60. The Morgan fingerprint density at radius 3 is 2.47 bits per heavy atom. The molecule has 0 aromatic carbocycles. The van der Waals surface area contributed by atoms with Crippen LogP contribution < -0.4 is 0 Å². The average molecular weight is 241 g/mol. The Bertz CT molecular complexity index is 317. The molecule has 0 saturated heterocycles. The van der Waals surface area contributed by atoms with Crippen molar-refractivity contribution in [2.75, 3.05) is 0 Å². The number of carbonyl (C=O) groups is 2. The molecule has 5 nitrogen and oxygen atoms in total. The molecule has 5 heteroatoms. The van der Waals surface area contributed by atoms with Crippen molar-refractivity contribution in [1.29, 1.82) is 5.26 Å². The molecule has 1 unspecified atom stereocenters. The normalized spacial score (nSPS) is 12.6. The second-order valence-corrected chi connectivity index (χ2v) is 4.90. The summed E-state index contributed by atoms with van der Waals surface area (Å²) in [5, 5.41) is 17.0. The van der Waals surface area contributed by atoms with E-state index in [9.17, 15) is 9.59 Å². The second-order valence-electron chi connectivity index (χ2n) is 4.90. The highest BCUT2D eigenvalue weighted by atomic mass is 16.5. The maximum atomic E-state index is 11.3. The molecule has 0 aromatic heterocycles. The molecule has 0 bridgehead atoms. The molecule has 0 rings (SSSR count). The molecule has 0 aliphatic carbocycles. The summed E-state index contributed by atoms with van der Waals surface area (Å²) in [7, 11) is 0. The molecule has 0 amide bonds. The smallest absolute Gasteiger partial charge is 0.306 e. The maximum absolute atomic E-state index is 11.3. The summed E-state index contributed by atoms with van der Waals surface area (Å²) in [6.07, 6.45) is 0.342. The van der Waals surface area contributed by atoms with Gasteiger partial charge in [0.15, 0.2) is 0 Å². The third-order valence-electron chi connectivity index (χ3n) is 2.27. The van der Waals surface area contributed by atoms with Gasteiger partial charge in [-0.3, -0.25) is 9.59 Å². The number of hydrogen-bond acceptors (Lipinski definition) is 4. The Morgan fingerprint density at radius 2 is 2.00 bits per heavy atom. The van der Waals surface area contributed by atoms with Crippen LogP contribution in [-0.2, 0) is 14.3 Å². The van der Waals surface area contributed by atoms with Gasteiger partial charge in [-0.05, 0) is 18.8 Å². The first-order valence-electron chi connectivity index (χ1n) is 5.55. The van der Waals surface area contributed by atoms with Crippen LogP contribution in [0, 0.1) is 16.7 Å². The summed E-state index contributed by atoms with van der Waals surface area (Å²) in [5.41, 5.74) is -0.207. The number of ether oxygens (including phenoxy) is 1. The number of carbonyl (C=O) groups excluding carboxylic acids is 1. The molecule has 0 aliphatic heterocycles. The largest absolute Gasteiger partial charge is 0.481 e. The van der Waals surface area contributed by atoms with Crippen LogP contribution in [0.2, 0.25) is 0 Å². The van der Waals surface area contributed by atoms with Gasteiger partial charge in [0.25, 0.3) is 0 Å². The molecule has 17 heavy (non-hydrogen) atoms. The third kappa shape index (κ3) is 8.26. The number of carboxylic acid groups (broad SMARTS) is 1. The van der Waals surface area contributed by atoms with Crippen LogP contribution in [0.4, 0.5) is 0 Å². The zero-order valence-electron chi connectivity index (χ0n) is 10.5. The molecular weight excluding hydrogens is 222 g/mol. The summed E-state index contributed by atoms with van der Waals surface area (Å²) in [5.74, 6) is -1.52. The van der Waals surface area contributed by atoms with Gasteiger partial charge in [0, 0.05) is 6.42 Å². The highest BCUT2D eigenvalue weighted by Gasteiger charge is 2.23. The average Bonchev–Trinajstić information content (AvgIpc) is 2.13. The summed E-state index contributed by atoms with van der Waals surface area (Å²) in [4.78, 5) is 21.5. The van der Waals surface area contributed by atoms with Crippen LogP contribution >= 0.6 is 0 Å². The van der Waals surface area contributed by atoms with Gasteiger partial charge >= 0.3 is 11.9 Å². The van der Waals surface area contributed by atoms with E-state index in [0.717, 1.165) is 0 Å². The van der Waals surface area contributed by atoms with Crippen molar-refractivity contribution < 1.29 is 19.4 Å². The van der Waals surface area contributed by atoms with E-state index < -0.39 is 11.9 Å². The lowest BCUT2D eigenvalue weighted by Crippen LogP contribution is -2.23. The molecule has 0 aliphatic rings. The molecule has 0 radical (unpaired) electrons. The lowest BCUT2D eigenvalue weighted by Gasteiger charge is -2.25. The van der Waals surface area contributed by atoms with Crippen molar-refractivity contribution >= 4 is 11.9 Å². The highest BCUT2D eigenvalue weighted by molar-refractivity contribution is 5.76. The highest BCUT2D eigenvalue weighted by Crippen LogP contribution is 2.27. The number of rotatable bonds is 7. The number of aliphatic carboxylic acids is 1. The molecule has 0 aromatic rings. The molecule has 96 valence electrons. The quantitative estimate of drug-likeness (QED) is 0.690. The van der Waals surface area contributed by atoms with Crippen molar-refractivity contribution in [2.24, 2.45) is 5.41 Å². The molecule has 0 heterocycles. The Morgan fingerprint density at radius 1 is 1.41 bits per heavy atom. The van der Waals surface area contributed by atoms with Gasteiger partial charge in [-0.1, -0.05) is 13.8 Å². The fourth-order valence-electron chi connectivity index (χ4n) is 1.60. The Hall–Kier alpha value is -1.57. The van der Waals surface area contributed by atoms with E-state index in [1.807, 2.05) is 13.8 Å². The summed E-state index contributed by atoms with van der Waals surface area (Å²) >= 11 is 0. The van der Waals surface area contributed by atoms with E-state index in [1.54, 1.807) is 6.92 Å². The predicted molar refractivity (Wildman–Crippen MR) is 61.1 cm³/mol. The third-order valence-corrected chi connectivity index (χ3v) is 2.27. The van der Waals surface area contributed by atoms with Gasteiger partial charge in [-0.2, -0.15) is 5.26 Å². The monoisotopic (exact) mass is 241 g/mol. The van der Waals surface area contributed by atoms with Gasteiger partial charge in [0.2, 0.25) is 0 Å². The molecular formula is C12H19NO4. The van der Waals surface area contributed by atoms with E-state index in [0.29, 0.717) is 12.8 Å². The predicted octanol–water partition coefficient (Wildman–Crippen LogP) is 2.11. The topological polar surface area (TPSA) is 87.4 Å². The summed E-state index contributed by atoms with van der Waals surface area (Å²) in [6, 6.07) is 2.09. The van der Waals surface area contributed by atoms with Gasteiger partial charge in [-0.15, -0.1) is 0 Å². The lowest BCUT2D eigenvalue weighted by atomic mass is 9.84. The first-order chi connectivity index (χ1) is 7.76.